The lowest BCUT2D eigenvalue weighted by atomic mass is 9.77. The molecular weight excluding hydrogens is 222 g/mol. The standard InChI is InChI=1S/C11H19F4N/c1-8(16-2)7-9-3-5-10(12,6-4-9)11(13,14)15/h8-9,16H,3-7H2,1-2H3. The van der Waals surface area contributed by atoms with Crippen molar-refractivity contribution in [2.45, 2.75) is 56.9 Å². The number of halogens is 4. The summed E-state index contributed by atoms with van der Waals surface area (Å²) in [5, 5.41) is 3.05. The molecule has 1 rings (SSSR count). The van der Waals surface area contributed by atoms with Gasteiger partial charge in [-0.15, -0.1) is 0 Å². The molecule has 0 aromatic rings. The van der Waals surface area contributed by atoms with Gasteiger partial charge < -0.3 is 5.32 Å². The number of alkyl halides is 4. The first-order valence-electron chi connectivity index (χ1n) is 5.71. The molecule has 1 aliphatic rings. The Morgan fingerprint density at radius 1 is 1.31 bits per heavy atom. The van der Waals surface area contributed by atoms with E-state index in [-0.39, 0.29) is 24.8 Å². The highest BCUT2D eigenvalue weighted by atomic mass is 19.4. The predicted molar refractivity (Wildman–Crippen MR) is 55.0 cm³/mol. The molecule has 0 bridgehead atoms. The monoisotopic (exact) mass is 241 g/mol. The molecule has 1 atom stereocenters. The highest BCUT2D eigenvalue weighted by molar-refractivity contribution is 4.92. The molecule has 0 aliphatic heterocycles. The van der Waals surface area contributed by atoms with Crippen LogP contribution < -0.4 is 5.32 Å². The summed E-state index contributed by atoms with van der Waals surface area (Å²) in [5.74, 6) is 0.216. The van der Waals surface area contributed by atoms with E-state index in [4.69, 9.17) is 0 Å². The van der Waals surface area contributed by atoms with Crippen molar-refractivity contribution in [1.29, 1.82) is 0 Å². The highest BCUT2D eigenvalue weighted by Gasteiger charge is 2.56. The van der Waals surface area contributed by atoms with E-state index in [1.165, 1.54) is 0 Å². The molecular formula is C11H19F4N. The third-order valence-electron chi connectivity index (χ3n) is 3.59. The van der Waals surface area contributed by atoms with E-state index >= 15 is 0 Å². The van der Waals surface area contributed by atoms with Crippen LogP contribution in [0.15, 0.2) is 0 Å². The maximum atomic E-state index is 13.5. The summed E-state index contributed by atoms with van der Waals surface area (Å²) in [7, 11) is 1.82. The summed E-state index contributed by atoms with van der Waals surface area (Å²) in [6.45, 7) is 1.99. The lowest BCUT2D eigenvalue weighted by Gasteiger charge is -2.35. The number of hydrogen-bond donors (Lipinski definition) is 1. The van der Waals surface area contributed by atoms with Gasteiger partial charge in [0.2, 0.25) is 5.67 Å². The van der Waals surface area contributed by atoms with Crippen LogP contribution in [0.4, 0.5) is 17.6 Å². The Hall–Kier alpha value is -0.320. The van der Waals surface area contributed by atoms with Gasteiger partial charge in [0.15, 0.2) is 0 Å². The van der Waals surface area contributed by atoms with Crippen molar-refractivity contribution in [3.8, 4) is 0 Å². The van der Waals surface area contributed by atoms with Gasteiger partial charge in [-0.3, -0.25) is 0 Å². The normalized spacial score (nSPS) is 33.8. The van der Waals surface area contributed by atoms with Crippen LogP contribution in [0.3, 0.4) is 0 Å². The van der Waals surface area contributed by atoms with Crippen molar-refractivity contribution in [1.82, 2.24) is 5.32 Å². The van der Waals surface area contributed by atoms with Crippen LogP contribution in [0.1, 0.15) is 39.0 Å². The van der Waals surface area contributed by atoms with Gasteiger partial charge in [-0.1, -0.05) is 0 Å². The van der Waals surface area contributed by atoms with Crippen LogP contribution in [0.25, 0.3) is 0 Å². The Labute approximate surface area is 93.6 Å². The molecule has 0 heterocycles. The summed E-state index contributed by atoms with van der Waals surface area (Å²) in [6.07, 6.45) is -3.96. The van der Waals surface area contributed by atoms with E-state index in [2.05, 4.69) is 5.32 Å². The number of rotatable bonds is 3. The van der Waals surface area contributed by atoms with E-state index in [1.807, 2.05) is 14.0 Å². The fourth-order valence-electron chi connectivity index (χ4n) is 2.27. The minimum atomic E-state index is -4.70. The number of nitrogens with one attached hydrogen (secondary N) is 1. The Balaban J connectivity index is 2.45. The predicted octanol–water partition coefficient (Wildman–Crippen LogP) is 3.45. The summed E-state index contributed by atoms with van der Waals surface area (Å²) >= 11 is 0. The second kappa shape index (κ2) is 4.90. The van der Waals surface area contributed by atoms with E-state index < -0.39 is 11.8 Å². The molecule has 0 amide bonds. The van der Waals surface area contributed by atoms with Crippen LogP contribution in [-0.4, -0.2) is 24.9 Å². The van der Waals surface area contributed by atoms with Gasteiger partial charge in [-0.25, -0.2) is 4.39 Å². The lowest BCUT2D eigenvalue weighted by Crippen LogP contribution is -2.44. The average Bonchev–Trinajstić information content (AvgIpc) is 2.20. The molecule has 0 saturated heterocycles. The van der Waals surface area contributed by atoms with Crippen molar-refractivity contribution in [3.05, 3.63) is 0 Å². The lowest BCUT2D eigenvalue weighted by molar-refractivity contribution is -0.242. The van der Waals surface area contributed by atoms with Gasteiger partial charge in [0.1, 0.15) is 0 Å². The summed E-state index contributed by atoms with van der Waals surface area (Å²) in [4.78, 5) is 0. The smallest absolute Gasteiger partial charge is 0.317 e. The molecule has 0 aromatic carbocycles. The minimum Gasteiger partial charge on any atom is -0.317 e. The van der Waals surface area contributed by atoms with Gasteiger partial charge in [-0.05, 0) is 52.0 Å². The largest absolute Gasteiger partial charge is 0.422 e. The molecule has 0 aromatic heterocycles. The molecule has 1 aliphatic carbocycles. The topological polar surface area (TPSA) is 12.0 Å². The maximum absolute atomic E-state index is 13.5. The third-order valence-corrected chi connectivity index (χ3v) is 3.59. The number of hydrogen-bond acceptors (Lipinski definition) is 1. The molecule has 1 fully saturated rings. The molecule has 1 saturated carbocycles. The second-order valence-electron chi connectivity index (χ2n) is 4.83. The van der Waals surface area contributed by atoms with Crippen molar-refractivity contribution in [3.63, 3.8) is 0 Å². The highest BCUT2D eigenvalue weighted by Crippen LogP contribution is 2.46. The van der Waals surface area contributed by atoms with Crippen molar-refractivity contribution >= 4 is 0 Å². The van der Waals surface area contributed by atoms with Gasteiger partial charge in [0.25, 0.3) is 0 Å². The quantitative estimate of drug-likeness (QED) is 0.746. The van der Waals surface area contributed by atoms with Crippen LogP contribution in [0.2, 0.25) is 0 Å². The summed E-state index contributed by atoms with van der Waals surface area (Å²) < 4.78 is 50.7. The summed E-state index contributed by atoms with van der Waals surface area (Å²) in [5.41, 5.74) is -2.94. The maximum Gasteiger partial charge on any atom is 0.422 e. The van der Waals surface area contributed by atoms with Crippen LogP contribution in [0, 0.1) is 5.92 Å². The zero-order valence-corrected chi connectivity index (χ0v) is 9.70. The fraction of sp³-hybridized carbons (Fsp3) is 1.00. The fourth-order valence-corrected chi connectivity index (χ4v) is 2.27. The van der Waals surface area contributed by atoms with Crippen LogP contribution in [-0.2, 0) is 0 Å². The van der Waals surface area contributed by atoms with Crippen molar-refractivity contribution < 1.29 is 17.6 Å². The molecule has 1 nitrogen and oxygen atoms in total. The third kappa shape index (κ3) is 3.09. The van der Waals surface area contributed by atoms with Crippen LogP contribution >= 0.6 is 0 Å². The molecule has 1 unspecified atom stereocenters. The van der Waals surface area contributed by atoms with Gasteiger partial charge >= 0.3 is 6.18 Å². The SMILES string of the molecule is CNC(C)CC1CCC(F)(C(F)(F)F)CC1. The first-order valence-corrected chi connectivity index (χ1v) is 5.71. The molecule has 1 N–H and O–H groups in total. The molecule has 5 heteroatoms. The Morgan fingerprint density at radius 3 is 2.19 bits per heavy atom. The van der Waals surface area contributed by atoms with Crippen LogP contribution in [0.5, 0.6) is 0 Å². The minimum absolute atomic E-state index is 0.216. The first-order chi connectivity index (χ1) is 7.28. The van der Waals surface area contributed by atoms with E-state index in [0.717, 1.165) is 6.42 Å². The van der Waals surface area contributed by atoms with Crippen molar-refractivity contribution in [2.75, 3.05) is 7.05 Å². The first kappa shape index (κ1) is 13.7. The summed E-state index contributed by atoms with van der Waals surface area (Å²) in [6, 6.07) is 0.281. The Kier molecular flexibility index (Phi) is 4.21. The van der Waals surface area contributed by atoms with E-state index in [9.17, 15) is 17.6 Å². The average molecular weight is 241 g/mol. The van der Waals surface area contributed by atoms with Gasteiger partial charge in [-0.2, -0.15) is 13.2 Å². The zero-order chi connectivity index (χ0) is 12.4. The molecule has 0 radical (unpaired) electrons. The molecule has 96 valence electrons. The van der Waals surface area contributed by atoms with Gasteiger partial charge in [0, 0.05) is 6.04 Å². The van der Waals surface area contributed by atoms with E-state index in [0.29, 0.717) is 12.8 Å². The Bertz CT molecular complexity index is 219. The van der Waals surface area contributed by atoms with E-state index in [1.54, 1.807) is 0 Å². The zero-order valence-electron chi connectivity index (χ0n) is 9.70. The molecule has 0 spiro atoms. The molecule has 16 heavy (non-hydrogen) atoms. The van der Waals surface area contributed by atoms with Crippen molar-refractivity contribution in [2.24, 2.45) is 5.92 Å². The Morgan fingerprint density at radius 2 is 1.81 bits per heavy atom. The van der Waals surface area contributed by atoms with Gasteiger partial charge in [0.05, 0.1) is 0 Å². The second-order valence-corrected chi connectivity index (χ2v) is 4.83.